The lowest BCUT2D eigenvalue weighted by molar-refractivity contribution is -0.125. The summed E-state index contributed by atoms with van der Waals surface area (Å²) in [7, 11) is 0. The maximum absolute atomic E-state index is 13.4. The monoisotopic (exact) mass is 402 g/mol. The van der Waals surface area contributed by atoms with E-state index in [4.69, 9.17) is 11.6 Å². The van der Waals surface area contributed by atoms with Crippen LogP contribution in [-0.2, 0) is 16.0 Å². The molecule has 27 heavy (non-hydrogen) atoms. The molecule has 0 radical (unpaired) electrons. The zero-order valence-electron chi connectivity index (χ0n) is 14.3. The Kier molecular flexibility index (Phi) is 6.96. The van der Waals surface area contributed by atoms with Gasteiger partial charge in [0.15, 0.2) is 23.2 Å². The molecule has 8 heteroatoms. The number of aryl methyl sites for hydroxylation is 1. The van der Waals surface area contributed by atoms with Crippen LogP contribution in [0.1, 0.15) is 24.0 Å². The Morgan fingerprint density at radius 1 is 0.963 bits per heavy atom. The number of carbonyl (C=O) groups is 2. The van der Waals surface area contributed by atoms with Gasteiger partial charge in [-0.15, -0.1) is 0 Å². The van der Waals surface area contributed by atoms with E-state index in [0.29, 0.717) is 10.6 Å². The highest BCUT2D eigenvalue weighted by Gasteiger charge is 2.21. The minimum absolute atomic E-state index is 0.0371. The van der Waals surface area contributed by atoms with Gasteiger partial charge in [0.05, 0.1) is 0 Å². The first-order valence-corrected chi connectivity index (χ1v) is 8.31. The standard InChI is InChI=1S/C19H15ClF4O3/c1-10-2-3-11(7-14(10)20)6-12(25)4-5-13(26)9-27-19-17(23)15(21)8-16(22)18(19)24/h2-3,7-8H,4-6,9H2,1H3. The Morgan fingerprint density at radius 2 is 1.56 bits per heavy atom. The first-order chi connectivity index (χ1) is 12.7. The van der Waals surface area contributed by atoms with E-state index in [0.717, 1.165) is 5.56 Å². The number of carbonyl (C=O) groups excluding carboxylic acids is 2. The highest BCUT2D eigenvalue weighted by atomic mass is 35.5. The number of ether oxygens (including phenoxy) is 1. The topological polar surface area (TPSA) is 43.4 Å². The van der Waals surface area contributed by atoms with E-state index in [1.165, 1.54) is 0 Å². The zero-order valence-corrected chi connectivity index (χ0v) is 15.0. The van der Waals surface area contributed by atoms with Crippen LogP contribution in [0.25, 0.3) is 0 Å². The van der Waals surface area contributed by atoms with E-state index in [1.807, 2.05) is 6.92 Å². The van der Waals surface area contributed by atoms with Crippen LogP contribution in [0.15, 0.2) is 24.3 Å². The summed E-state index contributed by atoms with van der Waals surface area (Å²) in [4.78, 5) is 23.7. The molecule has 0 unspecified atom stereocenters. The number of halogens is 5. The van der Waals surface area contributed by atoms with Crippen LogP contribution in [-0.4, -0.2) is 18.2 Å². The summed E-state index contributed by atoms with van der Waals surface area (Å²) < 4.78 is 57.5. The molecule has 0 N–H and O–H groups in total. The summed E-state index contributed by atoms with van der Waals surface area (Å²) in [5.41, 5.74) is 1.56. The molecule has 0 heterocycles. The van der Waals surface area contributed by atoms with E-state index >= 15 is 0 Å². The number of hydrogen-bond acceptors (Lipinski definition) is 3. The molecule has 0 bridgehead atoms. The second-order valence-corrected chi connectivity index (χ2v) is 6.33. The molecule has 0 aliphatic rings. The molecular formula is C19H15ClF4O3. The second-order valence-electron chi connectivity index (χ2n) is 5.92. The van der Waals surface area contributed by atoms with E-state index < -0.39 is 41.4 Å². The van der Waals surface area contributed by atoms with Gasteiger partial charge in [0.25, 0.3) is 0 Å². The fourth-order valence-electron chi connectivity index (χ4n) is 2.24. The summed E-state index contributed by atoms with van der Waals surface area (Å²) in [6, 6.07) is 5.21. The van der Waals surface area contributed by atoms with Gasteiger partial charge in [-0.1, -0.05) is 23.7 Å². The fourth-order valence-corrected chi connectivity index (χ4v) is 2.45. The number of benzene rings is 2. The molecule has 0 atom stereocenters. The van der Waals surface area contributed by atoms with E-state index in [1.54, 1.807) is 18.2 Å². The lowest BCUT2D eigenvalue weighted by Gasteiger charge is -2.09. The van der Waals surface area contributed by atoms with Crippen LogP contribution >= 0.6 is 11.6 Å². The van der Waals surface area contributed by atoms with Gasteiger partial charge >= 0.3 is 0 Å². The molecule has 2 rings (SSSR count). The summed E-state index contributed by atoms with van der Waals surface area (Å²) in [6.45, 7) is 1.00. The van der Waals surface area contributed by atoms with Gasteiger partial charge in [0, 0.05) is 30.4 Å². The lowest BCUT2D eigenvalue weighted by atomic mass is 10.0. The van der Waals surface area contributed by atoms with Crippen molar-refractivity contribution in [1.29, 1.82) is 0 Å². The summed E-state index contributed by atoms with van der Waals surface area (Å²) in [5, 5.41) is 0.524. The third-order valence-electron chi connectivity index (χ3n) is 3.77. The summed E-state index contributed by atoms with van der Waals surface area (Å²) in [5.74, 6) is -8.91. The third-order valence-corrected chi connectivity index (χ3v) is 4.18. The Bertz CT molecular complexity index is 857. The maximum Gasteiger partial charge on any atom is 0.203 e. The van der Waals surface area contributed by atoms with Crippen molar-refractivity contribution in [2.24, 2.45) is 0 Å². The predicted molar refractivity (Wildman–Crippen MR) is 90.9 cm³/mol. The zero-order chi connectivity index (χ0) is 20.1. The Balaban J connectivity index is 1.86. The van der Waals surface area contributed by atoms with Gasteiger partial charge in [-0.3, -0.25) is 9.59 Å². The van der Waals surface area contributed by atoms with Crippen LogP contribution in [0.2, 0.25) is 5.02 Å². The third kappa shape index (κ3) is 5.53. The molecule has 144 valence electrons. The molecular weight excluding hydrogens is 388 g/mol. The number of Topliss-reactive ketones (excluding diaryl/α,β-unsaturated/α-hetero) is 2. The Hall–Kier alpha value is -2.41. The van der Waals surface area contributed by atoms with Gasteiger partial charge in [-0.2, -0.15) is 8.78 Å². The predicted octanol–water partition coefficient (Wildman–Crippen LogP) is 4.74. The average Bonchev–Trinajstić information content (AvgIpc) is 2.61. The van der Waals surface area contributed by atoms with Gasteiger partial charge in [-0.25, -0.2) is 8.78 Å². The van der Waals surface area contributed by atoms with E-state index in [2.05, 4.69) is 4.74 Å². The second kappa shape index (κ2) is 8.99. The molecule has 2 aromatic rings. The summed E-state index contributed by atoms with van der Waals surface area (Å²) in [6.07, 6.45) is -0.276. The van der Waals surface area contributed by atoms with Crippen molar-refractivity contribution in [2.45, 2.75) is 26.2 Å². The fraction of sp³-hybridized carbons (Fsp3) is 0.263. The van der Waals surface area contributed by atoms with Gasteiger partial charge in [0.1, 0.15) is 12.4 Å². The molecule has 0 aliphatic heterocycles. The average molecular weight is 403 g/mol. The molecule has 0 saturated heterocycles. The van der Waals surface area contributed by atoms with Crippen molar-refractivity contribution in [3.05, 3.63) is 63.7 Å². The van der Waals surface area contributed by atoms with Crippen LogP contribution in [0.4, 0.5) is 17.6 Å². The maximum atomic E-state index is 13.4. The SMILES string of the molecule is Cc1ccc(CC(=O)CCC(=O)COc2c(F)c(F)cc(F)c2F)cc1Cl. The lowest BCUT2D eigenvalue weighted by Crippen LogP contribution is -2.15. The van der Waals surface area contributed by atoms with E-state index in [9.17, 15) is 27.2 Å². The van der Waals surface area contributed by atoms with Crippen molar-refractivity contribution < 1.29 is 31.9 Å². The van der Waals surface area contributed by atoms with Crippen molar-refractivity contribution >= 4 is 23.2 Å². The number of ketones is 2. The Labute approximate surface area is 157 Å². The van der Waals surface area contributed by atoms with Crippen LogP contribution < -0.4 is 4.74 Å². The molecule has 0 spiro atoms. The van der Waals surface area contributed by atoms with E-state index in [-0.39, 0.29) is 31.1 Å². The highest BCUT2D eigenvalue weighted by Crippen LogP contribution is 2.26. The molecule has 0 fully saturated rings. The van der Waals surface area contributed by atoms with Gasteiger partial charge in [-0.05, 0) is 24.1 Å². The summed E-state index contributed by atoms with van der Waals surface area (Å²) >= 11 is 5.98. The molecule has 2 aromatic carbocycles. The van der Waals surface area contributed by atoms with Crippen molar-refractivity contribution in [3.63, 3.8) is 0 Å². The Morgan fingerprint density at radius 3 is 2.15 bits per heavy atom. The van der Waals surface area contributed by atoms with Gasteiger partial charge in [0.2, 0.25) is 11.6 Å². The van der Waals surface area contributed by atoms with Crippen molar-refractivity contribution in [3.8, 4) is 5.75 Å². The number of rotatable bonds is 8. The van der Waals surface area contributed by atoms with Crippen LogP contribution in [0, 0.1) is 30.2 Å². The molecule has 0 saturated carbocycles. The molecule has 0 aliphatic carbocycles. The van der Waals surface area contributed by atoms with Crippen molar-refractivity contribution in [2.75, 3.05) is 6.61 Å². The van der Waals surface area contributed by atoms with Crippen LogP contribution in [0.3, 0.4) is 0 Å². The number of hydrogen-bond donors (Lipinski definition) is 0. The first-order valence-electron chi connectivity index (χ1n) is 7.93. The smallest absolute Gasteiger partial charge is 0.203 e. The van der Waals surface area contributed by atoms with Crippen molar-refractivity contribution in [1.82, 2.24) is 0 Å². The quantitative estimate of drug-likeness (QED) is 0.473. The normalized spacial score (nSPS) is 10.7. The molecule has 0 amide bonds. The minimum atomic E-state index is -1.73. The first kappa shape index (κ1) is 20.9. The molecule has 0 aromatic heterocycles. The van der Waals surface area contributed by atoms with Gasteiger partial charge < -0.3 is 4.74 Å². The highest BCUT2D eigenvalue weighted by molar-refractivity contribution is 6.31. The minimum Gasteiger partial charge on any atom is -0.480 e. The van der Waals surface area contributed by atoms with Crippen LogP contribution in [0.5, 0.6) is 5.75 Å². The largest absolute Gasteiger partial charge is 0.480 e. The molecule has 3 nitrogen and oxygen atoms in total.